The molecule has 1 aliphatic rings. The quantitative estimate of drug-likeness (QED) is 0.455. The van der Waals surface area contributed by atoms with Crippen molar-refractivity contribution >= 4 is 29.1 Å². The van der Waals surface area contributed by atoms with Crippen molar-refractivity contribution in [1.82, 2.24) is 20.5 Å². The minimum atomic E-state index is -0.885. The number of aromatic nitrogens is 1. The first-order chi connectivity index (χ1) is 16.4. The number of aliphatic hydroxyl groups excluding tert-OH is 1. The number of thiazole rings is 1. The smallest absolute Gasteiger partial charge is 0.246 e. The predicted octanol–water partition coefficient (Wildman–Crippen LogP) is 1.57. The number of rotatable bonds is 7. The zero-order valence-electron chi connectivity index (χ0n) is 20.9. The molecular weight excluding hydrogens is 466 g/mol. The lowest BCUT2D eigenvalue weighted by Crippen LogP contribution is -2.59. The number of aryl methyl sites for hydroxylation is 1. The SMILES string of the molecule is Cc1ncsc1-c1ccc(CNC(=O)[C@@H]2C[C@@H](O)CN2C(=O)[C@@H](NC(=O)[C@H](C)N)C(C)(C)C)cc1. The molecule has 5 N–H and O–H groups in total. The fraction of sp³-hybridized carbons (Fsp3) is 0.520. The molecule has 0 spiro atoms. The van der Waals surface area contributed by atoms with Gasteiger partial charge in [0.1, 0.15) is 12.1 Å². The molecule has 0 unspecified atom stereocenters. The van der Waals surface area contributed by atoms with Crippen LogP contribution in [0.4, 0.5) is 0 Å². The van der Waals surface area contributed by atoms with Gasteiger partial charge in [0.2, 0.25) is 17.7 Å². The molecule has 0 bridgehead atoms. The molecule has 3 rings (SSSR count). The summed E-state index contributed by atoms with van der Waals surface area (Å²) in [6, 6.07) is 5.39. The summed E-state index contributed by atoms with van der Waals surface area (Å²) >= 11 is 1.58. The third kappa shape index (κ3) is 6.45. The van der Waals surface area contributed by atoms with E-state index in [1.54, 1.807) is 18.3 Å². The summed E-state index contributed by atoms with van der Waals surface area (Å²) in [4.78, 5) is 45.5. The molecule has 0 radical (unpaired) electrons. The molecule has 1 aromatic heterocycles. The van der Waals surface area contributed by atoms with Crippen LogP contribution in [0.5, 0.6) is 0 Å². The van der Waals surface area contributed by atoms with Gasteiger partial charge in [-0.3, -0.25) is 14.4 Å². The maximum absolute atomic E-state index is 13.4. The van der Waals surface area contributed by atoms with Gasteiger partial charge in [0.15, 0.2) is 0 Å². The lowest BCUT2D eigenvalue weighted by atomic mass is 9.85. The van der Waals surface area contributed by atoms with Crippen molar-refractivity contribution in [2.75, 3.05) is 6.54 Å². The van der Waals surface area contributed by atoms with E-state index < -0.39 is 41.5 Å². The summed E-state index contributed by atoms with van der Waals surface area (Å²) in [5.74, 6) is -1.20. The van der Waals surface area contributed by atoms with Crippen LogP contribution in [0.15, 0.2) is 29.8 Å². The standard InChI is InChI=1S/C25H35N5O4S/c1-14(26)22(32)29-21(25(3,4)5)24(34)30-12-18(31)10-19(30)23(33)27-11-16-6-8-17(9-7-16)20-15(2)28-13-35-20/h6-9,13-14,18-19,21,31H,10-12,26H2,1-5H3,(H,27,33)(H,29,32)/t14-,18+,19-,21+/m0/s1. The van der Waals surface area contributed by atoms with Crippen LogP contribution in [0.3, 0.4) is 0 Å². The van der Waals surface area contributed by atoms with Crippen molar-refractivity contribution in [3.05, 3.63) is 41.0 Å². The van der Waals surface area contributed by atoms with E-state index >= 15 is 0 Å². The van der Waals surface area contributed by atoms with Crippen LogP contribution in [0.1, 0.15) is 45.4 Å². The summed E-state index contributed by atoms with van der Waals surface area (Å²) in [6.45, 7) is 9.32. The fourth-order valence-corrected chi connectivity index (χ4v) is 4.87. The van der Waals surface area contributed by atoms with Crippen LogP contribution in [-0.2, 0) is 20.9 Å². The summed E-state index contributed by atoms with van der Waals surface area (Å²) in [5, 5.41) is 15.9. The number of carbonyl (C=O) groups excluding carboxylic acids is 3. The van der Waals surface area contributed by atoms with E-state index in [1.165, 1.54) is 4.90 Å². The number of nitrogens with one attached hydrogen (secondary N) is 2. The Morgan fingerprint density at radius 2 is 1.91 bits per heavy atom. The zero-order valence-corrected chi connectivity index (χ0v) is 21.7. The number of benzene rings is 1. The average molecular weight is 502 g/mol. The Balaban J connectivity index is 1.68. The van der Waals surface area contributed by atoms with Gasteiger partial charge in [0.25, 0.3) is 0 Å². The van der Waals surface area contributed by atoms with E-state index in [2.05, 4.69) is 15.6 Å². The maximum Gasteiger partial charge on any atom is 0.246 e. The molecule has 2 aromatic rings. The third-order valence-electron chi connectivity index (χ3n) is 6.11. The van der Waals surface area contributed by atoms with Crippen molar-refractivity contribution in [3.63, 3.8) is 0 Å². The van der Waals surface area contributed by atoms with E-state index in [9.17, 15) is 19.5 Å². The Morgan fingerprint density at radius 1 is 1.26 bits per heavy atom. The molecule has 10 heteroatoms. The van der Waals surface area contributed by atoms with Crippen molar-refractivity contribution in [3.8, 4) is 10.4 Å². The molecule has 1 aromatic carbocycles. The molecule has 0 aliphatic carbocycles. The van der Waals surface area contributed by atoms with Gasteiger partial charge in [0, 0.05) is 19.5 Å². The molecule has 9 nitrogen and oxygen atoms in total. The Hall–Kier alpha value is -2.82. The highest BCUT2D eigenvalue weighted by Crippen LogP contribution is 2.28. The molecule has 4 atom stereocenters. The molecule has 2 heterocycles. The van der Waals surface area contributed by atoms with Crippen molar-refractivity contribution < 1.29 is 19.5 Å². The average Bonchev–Trinajstić information content (AvgIpc) is 3.40. The lowest BCUT2D eigenvalue weighted by molar-refractivity contribution is -0.144. The summed E-state index contributed by atoms with van der Waals surface area (Å²) in [6.07, 6.45) is -0.680. The molecule has 0 saturated carbocycles. The van der Waals surface area contributed by atoms with E-state index in [4.69, 9.17) is 5.73 Å². The first-order valence-electron chi connectivity index (χ1n) is 11.7. The van der Waals surface area contributed by atoms with Gasteiger partial charge in [-0.1, -0.05) is 45.0 Å². The largest absolute Gasteiger partial charge is 0.391 e. The summed E-state index contributed by atoms with van der Waals surface area (Å²) in [7, 11) is 0. The van der Waals surface area contributed by atoms with Crippen molar-refractivity contribution in [1.29, 1.82) is 0 Å². The number of carbonyl (C=O) groups is 3. The number of hydrogen-bond acceptors (Lipinski definition) is 7. The number of β-amino-alcohol motifs (C(OH)–C–C–N with tert-alkyl or cyclic N) is 1. The molecule has 190 valence electrons. The lowest BCUT2D eigenvalue weighted by Gasteiger charge is -2.35. The first kappa shape index (κ1) is 26.8. The van der Waals surface area contributed by atoms with Crippen LogP contribution in [0, 0.1) is 12.3 Å². The number of amides is 3. The summed E-state index contributed by atoms with van der Waals surface area (Å²) in [5.41, 5.74) is 9.83. The third-order valence-corrected chi connectivity index (χ3v) is 7.08. The van der Waals surface area contributed by atoms with Gasteiger partial charge >= 0.3 is 0 Å². The van der Waals surface area contributed by atoms with Gasteiger partial charge in [-0.05, 0) is 30.4 Å². The number of aliphatic hydroxyl groups is 1. The van der Waals surface area contributed by atoms with E-state index in [-0.39, 0.29) is 18.9 Å². The fourth-order valence-electron chi connectivity index (χ4n) is 4.05. The second kappa shape index (κ2) is 10.8. The number of nitrogens with two attached hydrogens (primary N) is 1. The van der Waals surface area contributed by atoms with Gasteiger partial charge in [-0.25, -0.2) is 4.98 Å². The van der Waals surface area contributed by atoms with Gasteiger partial charge in [-0.2, -0.15) is 0 Å². The van der Waals surface area contributed by atoms with Crippen molar-refractivity contribution in [2.24, 2.45) is 11.1 Å². The van der Waals surface area contributed by atoms with E-state index in [0.29, 0.717) is 6.54 Å². The predicted molar refractivity (Wildman–Crippen MR) is 135 cm³/mol. The zero-order chi connectivity index (χ0) is 25.9. The molecule has 35 heavy (non-hydrogen) atoms. The van der Waals surface area contributed by atoms with E-state index in [1.807, 2.05) is 57.5 Å². The molecular formula is C25H35N5O4S. The normalized spacial score (nSPS) is 19.8. The molecule has 3 amide bonds. The van der Waals surface area contributed by atoms with Gasteiger partial charge < -0.3 is 26.4 Å². The highest BCUT2D eigenvalue weighted by molar-refractivity contribution is 7.13. The Labute approximate surface area is 210 Å². The van der Waals surface area contributed by atoms with Gasteiger partial charge in [-0.15, -0.1) is 11.3 Å². The highest BCUT2D eigenvalue weighted by atomic mass is 32.1. The minimum absolute atomic E-state index is 0.0282. The maximum atomic E-state index is 13.4. The minimum Gasteiger partial charge on any atom is -0.391 e. The van der Waals surface area contributed by atoms with Crippen LogP contribution in [-0.4, -0.2) is 63.5 Å². The van der Waals surface area contributed by atoms with E-state index in [0.717, 1.165) is 21.7 Å². The van der Waals surface area contributed by atoms with Crippen LogP contribution < -0.4 is 16.4 Å². The van der Waals surface area contributed by atoms with Gasteiger partial charge in [0.05, 0.1) is 28.2 Å². The monoisotopic (exact) mass is 501 g/mol. The van der Waals surface area contributed by atoms with Crippen LogP contribution >= 0.6 is 11.3 Å². The molecule has 1 aliphatic heterocycles. The van der Waals surface area contributed by atoms with Crippen molar-refractivity contribution in [2.45, 2.75) is 71.8 Å². The Morgan fingerprint density at radius 3 is 2.46 bits per heavy atom. The van der Waals surface area contributed by atoms with Crippen LogP contribution in [0.25, 0.3) is 10.4 Å². The molecule has 1 saturated heterocycles. The summed E-state index contributed by atoms with van der Waals surface area (Å²) < 4.78 is 0. The second-order valence-corrected chi connectivity index (χ2v) is 11.0. The highest BCUT2D eigenvalue weighted by Gasteiger charge is 2.44. The number of likely N-dealkylation sites (tertiary alicyclic amines) is 1. The Bertz CT molecular complexity index is 1060. The Kier molecular flexibility index (Phi) is 8.30. The second-order valence-electron chi connectivity index (χ2n) is 10.2. The van der Waals surface area contributed by atoms with Crippen LogP contribution in [0.2, 0.25) is 0 Å². The molecule has 1 fully saturated rings. The number of nitrogens with zero attached hydrogens (tertiary/aromatic N) is 2. The first-order valence-corrected chi connectivity index (χ1v) is 12.6. The topological polar surface area (TPSA) is 138 Å². The number of hydrogen-bond donors (Lipinski definition) is 4.